The number of hydrogen-bond acceptors (Lipinski definition) is 4. The molecule has 0 saturated carbocycles. The molecule has 0 unspecified atom stereocenters. The van der Waals surface area contributed by atoms with Gasteiger partial charge in [-0.3, -0.25) is 4.79 Å². The number of amides is 1. The van der Waals surface area contributed by atoms with E-state index in [4.69, 9.17) is 4.74 Å². The van der Waals surface area contributed by atoms with E-state index in [0.717, 1.165) is 24.2 Å². The molecule has 5 nitrogen and oxygen atoms in total. The number of hydrogen-bond donors (Lipinski definition) is 2. The van der Waals surface area contributed by atoms with Crippen molar-refractivity contribution in [3.05, 3.63) is 47.7 Å². The molecule has 2 aromatic rings. The third-order valence-corrected chi connectivity index (χ3v) is 4.49. The van der Waals surface area contributed by atoms with Crippen LogP contribution >= 0.6 is 0 Å². The van der Waals surface area contributed by atoms with E-state index in [1.165, 1.54) is 11.1 Å². The van der Waals surface area contributed by atoms with Crippen molar-refractivity contribution in [3.63, 3.8) is 0 Å². The molecule has 2 N–H and O–H groups in total. The zero-order valence-electron chi connectivity index (χ0n) is 14.1. The molecule has 1 aromatic heterocycles. The minimum absolute atomic E-state index is 0.0216. The van der Waals surface area contributed by atoms with Crippen LogP contribution < -0.4 is 10.6 Å². The molecule has 126 valence electrons. The Kier molecular flexibility index (Phi) is 5.11. The summed E-state index contributed by atoms with van der Waals surface area (Å²) in [5.41, 5.74) is 4.42. The Labute approximate surface area is 142 Å². The fourth-order valence-electron chi connectivity index (χ4n) is 2.77. The van der Waals surface area contributed by atoms with Crippen LogP contribution in [-0.4, -0.2) is 24.1 Å². The Morgan fingerprint density at radius 2 is 1.96 bits per heavy atom. The molecule has 3 rings (SSSR count). The molecule has 1 fully saturated rings. The summed E-state index contributed by atoms with van der Waals surface area (Å²) in [6.45, 7) is 5.50. The number of aromatic nitrogens is 1. The van der Waals surface area contributed by atoms with Crippen molar-refractivity contribution in [2.45, 2.75) is 26.7 Å². The minimum Gasteiger partial charge on any atom is -0.381 e. The van der Waals surface area contributed by atoms with E-state index in [2.05, 4.69) is 35.5 Å². The van der Waals surface area contributed by atoms with Crippen molar-refractivity contribution in [1.82, 2.24) is 4.98 Å². The van der Waals surface area contributed by atoms with Crippen LogP contribution in [0.5, 0.6) is 0 Å². The lowest BCUT2D eigenvalue weighted by Gasteiger charge is -2.21. The van der Waals surface area contributed by atoms with Gasteiger partial charge in [0.15, 0.2) is 0 Å². The van der Waals surface area contributed by atoms with Crippen LogP contribution in [0.4, 0.5) is 17.2 Å². The first-order chi connectivity index (χ1) is 11.6. The van der Waals surface area contributed by atoms with E-state index in [1.54, 1.807) is 6.20 Å². The third kappa shape index (κ3) is 3.92. The Morgan fingerprint density at radius 1 is 1.17 bits per heavy atom. The van der Waals surface area contributed by atoms with E-state index < -0.39 is 0 Å². The molecule has 0 atom stereocenters. The highest BCUT2D eigenvalue weighted by atomic mass is 16.5. The SMILES string of the molecule is Cc1cccc(Nc2ccc(NC(=O)C3CCOCC3)nc2)c1C. The van der Waals surface area contributed by atoms with Crippen LogP contribution in [0.25, 0.3) is 0 Å². The number of nitrogens with one attached hydrogen (secondary N) is 2. The molecule has 1 aromatic carbocycles. The van der Waals surface area contributed by atoms with Gasteiger partial charge < -0.3 is 15.4 Å². The fourth-order valence-corrected chi connectivity index (χ4v) is 2.77. The van der Waals surface area contributed by atoms with Crippen LogP contribution in [0, 0.1) is 19.8 Å². The van der Waals surface area contributed by atoms with Crippen molar-refractivity contribution in [3.8, 4) is 0 Å². The Balaban J connectivity index is 1.62. The fraction of sp³-hybridized carbons (Fsp3) is 0.368. The Bertz CT molecular complexity index is 707. The second-order valence-electron chi connectivity index (χ2n) is 6.18. The van der Waals surface area contributed by atoms with Crippen molar-refractivity contribution >= 4 is 23.1 Å². The van der Waals surface area contributed by atoms with Crippen molar-refractivity contribution in [1.29, 1.82) is 0 Å². The maximum Gasteiger partial charge on any atom is 0.228 e. The van der Waals surface area contributed by atoms with Gasteiger partial charge in [0.25, 0.3) is 0 Å². The van der Waals surface area contributed by atoms with Gasteiger partial charge in [-0.2, -0.15) is 0 Å². The molecular formula is C19H23N3O2. The zero-order chi connectivity index (χ0) is 16.9. The Hall–Kier alpha value is -2.40. The number of rotatable bonds is 4. The molecule has 1 saturated heterocycles. The predicted octanol–water partition coefficient (Wildman–Crippen LogP) is 3.81. The summed E-state index contributed by atoms with van der Waals surface area (Å²) in [6, 6.07) is 9.91. The van der Waals surface area contributed by atoms with E-state index in [1.807, 2.05) is 24.3 Å². The summed E-state index contributed by atoms with van der Waals surface area (Å²) >= 11 is 0. The molecule has 0 spiro atoms. The second kappa shape index (κ2) is 7.45. The lowest BCUT2D eigenvalue weighted by molar-refractivity contribution is -0.122. The van der Waals surface area contributed by atoms with Gasteiger partial charge in [0.05, 0.1) is 11.9 Å². The highest BCUT2D eigenvalue weighted by Gasteiger charge is 2.21. The van der Waals surface area contributed by atoms with Crippen molar-refractivity contribution in [2.24, 2.45) is 5.92 Å². The predicted molar refractivity (Wildman–Crippen MR) is 95.6 cm³/mol. The van der Waals surface area contributed by atoms with Gasteiger partial charge in [0.1, 0.15) is 5.82 Å². The quantitative estimate of drug-likeness (QED) is 0.897. The molecule has 0 aliphatic carbocycles. The monoisotopic (exact) mass is 325 g/mol. The average Bonchev–Trinajstić information content (AvgIpc) is 2.61. The second-order valence-corrected chi connectivity index (χ2v) is 6.18. The summed E-state index contributed by atoms with van der Waals surface area (Å²) in [7, 11) is 0. The van der Waals surface area contributed by atoms with Gasteiger partial charge in [-0.05, 0) is 56.0 Å². The summed E-state index contributed by atoms with van der Waals surface area (Å²) in [6.07, 6.45) is 3.29. The maximum atomic E-state index is 12.2. The topological polar surface area (TPSA) is 63.2 Å². The zero-order valence-corrected chi connectivity index (χ0v) is 14.1. The van der Waals surface area contributed by atoms with Crippen LogP contribution in [0.1, 0.15) is 24.0 Å². The average molecular weight is 325 g/mol. The Morgan fingerprint density at radius 3 is 2.67 bits per heavy atom. The first kappa shape index (κ1) is 16.5. The third-order valence-electron chi connectivity index (χ3n) is 4.49. The van der Waals surface area contributed by atoms with Gasteiger partial charge in [-0.1, -0.05) is 12.1 Å². The van der Waals surface area contributed by atoms with E-state index in [9.17, 15) is 4.79 Å². The van der Waals surface area contributed by atoms with E-state index >= 15 is 0 Å². The maximum absolute atomic E-state index is 12.2. The number of aryl methyl sites for hydroxylation is 1. The smallest absolute Gasteiger partial charge is 0.228 e. The number of carbonyl (C=O) groups excluding carboxylic acids is 1. The highest BCUT2D eigenvalue weighted by molar-refractivity contribution is 5.91. The lowest BCUT2D eigenvalue weighted by atomic mass is 9.99. The molecule has 5 heteroatoms. The molecule has 1 aliphatic rings. The number of carbonyl (C=O) groups is 1. The summed E-state index contributed by atoms with van der Waals surface area (Å²) in [5, 5.41) is 6.26. The van der Waals surface area contributed by atoms with E-state index in [-0.39, 0.29) is 11.8 Å². The molecule has 0 radical (unpaired) electrons. The largest absolute Gasteiger partial charge is 0.381 e. The first-order valence-corrected chi connectivity index (χ1v) is 8.31. The molecule has 2 heterocycles. The number of anilines is 3. The highest BCUT2D eigenvalue weighted by Crippen LogP contribution is 2.23. The summed E-state index contributed by atoms with van der Waals surface area (Å²) in [5.74, 6) is 0.632. The van der Waals surface area contributed by atoms with E-state index in [0.29, 0.717) is 19.0 Å². The number of pyridine rings is 1. The van der Waals surface area contributed by atoms with Crippen LogP contribution in [0.2, 0.25) is 0 Å². The van der Waals surface area contributed by atoms with Crippen molar-refractivity contribution < 1.29 is 9.53 Å². The van der Waals surface area contributed by atoms with Crippen LogP contribution in [0.15, 0.2) is 36.5 Å². The molecule has 1 aliphatic heterocycles. The number of ether oxygens (including phenoxy) is 1. The normalized spacial score (nSPS) is 15.1. The van der Waals surface area contributed by atoms with Crippen molar-refractivity contribution in [2.75, 3.05) is 23.8 Å². The van der Waals surface area contributed by atoms with Crippen LogP contribution in [-0.2, 0) is 9.53 Å². The van der Waals surface area contributed by atoms with Gasteiger partial charge in [-0.15, -0.1) is 0 Å². The number of benzene rings is 1. The van der Waals surface area contributed by atoms with Gasteiger partial charge in [0.2, 0.25) is 5.91 Å². The summed E-state index contributed by atoms with van der Waals surface area (Å²) < 4.78 is 5.29. The van der Waals surface area contributed by atoms with Gasteiger partial charge >= 0.3 is 0 Å². The van der Waals surface area contributed by atoms with Gasteiger partial charge in [-0.25, -0.2) is 4.98 Å². The molecule has 1 amide bonds. The lowest BCUT2D eigenvalue weighted by Crippen LogP contribution is -2.28. The standard InChI is InChI=1S/C19H23N3O2/c1-13-4-3-5-17(14(13)2)21-16-6-7-18(20-12-16)22-19(23)15-8-10-24-11-9-15/h3-7,12,15,21H,8-11H2,1-2H3,(H,20,22,23). The number of nitrogens with zero attached hydrogens (tertiary/aromatic N) is 1. The first-order valence-electron chi connectivity index (χ1n) is 8.31. The molecule has 24 heavy (non-hydrogen) atoms. The van der Waals surface area contributed by atoms with Crippen LogP contribution in [0.3, 0.4) is 0 Å². The van der Waals surface area contributed by atoms with Gasteiger partial charge in [0, 0.05) is 24.8 Å². The minimum atomic E-state index is 0.0216. The molecular weight excluding hydrogens is 302 g/mol. The molecule has 0 bridgehead atoms. The summed E-state index contributed by atoms with van der Waals surface area (Å²) in [4.78, 5) is 16.5.